The Morgan fingerprint density at radius 3 is 2.80 bits per heavy atom. The van der Waals surface area contributed by atoms with Crippen molar-refractivity contribution in [3.05, 3.63) is 11.6 Å². The van der Waals surface area contributed by atoms with Crippen LogP contribution in [0.5, 0.6) is 0 Å². The molecule has 1 fully saturated rings. The molecular weight excluding hydrogens is 180 g/mol. The Balaban J connectivity index is 2.23. The van der Waals surface area contributed by atoms with Crippen LogP contribution in [0.15, 0.2) is 11.6 Å². The first-order valence-electron chi connectivity index (χ1n) is 6.67. The lowest BCUT2D eigenvalue weighted by molar-refractivity contribution is 0.126. The molecule has 0 aromatic carbocycles. The first-order valence-corrected chi connectivity index (χ1v) is 6.67. The zero-order valence-corrected chi connectivity index (χ0v) is 10.9. The molecule has 2 aliphatic rings. The highest BCUT2D eigenvalue weighted by molar-refractivity contribution is 5.21. The minimum atomic E-state index is 0.551. The van der Waals surface area contributed by atoms with Crippen LogP contribution in [0.25, 0.3) is 0 Å². The maximum absolute atomic E-state index is 2.59. The summed E-state index contributed by atoms with van der Waals surface area (Å²) >= 11 is 0. The second-order valence-corrected chi connectivity index (χ2v) is 6.68. The Morgan fingerprint density at radius 2 is 2.13 bits per heavy atom. The molecule has 2 aliphatic carbocycles. The smallest absolute Gasteiger partial charge is 0.0111 e. The molecule has 0 aromatic heterocycles. The number of fused-ring (bicyclic) bond motifs is 1. The molecule has 0 spiro atoms. The van der Waals surface area contributed by atoms with E-state index in [1.165, 1.54) is 38.5 Å². The van der Waals surface area contributed by atoms with E-state index in [0.717, 1.165) is 5.92 Å². The molecular formula is C15H26. The van der Waals surface area contributed by atoms with Gasteiger partial charge in [-0.25, -0.2) is 0 Å². The first kappa shape index (κ1) is 11.2. The number of hydrogen-bond acceptors (Lipinski definition) is 0. The monoisotopic (exact) mass is 206 g/mol. The second kappa shape index (κ2) is 3.64. The van der Waals surface area contributed by atoms with Gasteiger partial charge in [-0.05, 0) is 48.9 Å². The fourth-order valence-corrected chi connectivity index (χ4v) is 3.63. The molecule has 0 heteroatoms. The minimum absolute atomic E-state index is 0.551. The summed E-state index contributed by atoms with van der Waals surface area (Å²) in [6, 6.07) is 0. The van der Waals surface area contributed by atoms with Crippen LogP contribution >= 0.6 is 0 Å². The van der Waals surface area contributed by atoms with Crippen molar-refractivity contribution in [2.75, 3.05) is 0 Å². The molecule has 3 atom stereocenters. The molecule has 0 aromatic rings. The van der Waals surface area contributed by atoms with Gasteiger partial charge in [0.2, 0.25) is 0 Å². The molecule has 1 saturated carbocycles. The van der Waals surface area contributed by atoms with E-state index >= 15 is 0 Å². The SMILES string of the molecule is CC[C@]1(C)CC=C2C[C@@H](C)CC[C@]2(C)C1. The third-order valence-corrected chi connectivity index (χ3v) is 5.04. The standard InChI is InChI=1S/C15H26/c1-5-14(3)8-7-13-10-12(2)6-9-15(13,4)11-14/h7,12H,5-6,8-11H2,1-4H3/t12-,14+,15+/m0/s1. The van der Waals surface area contributed by atoms with Gasteiger partial charge in [-0.1, -0.05) is 45.8 Å². The van der Waals surface area contributed by atoms with Crippen molar-refractivity contribution in [1.29, 1.82) is 0 Å². The van der Waals surface area contributed by atoms with E-state index in [-0.39, 0.29) is 0 Å². The van der Waals surface area contributed by atoms with Crippen molar-refractivity contribution in [2.24, 2.45) is 16.7 Å². The van der Waals surface area contributed by atoms with E-state index < -0.39 is 0 Å². The van der Waals surface area contributed by atoms with Crippen LogP contribution in [-0.2, 0) is 0 Å². The molecule has 0 saturated heterocycles. The van der Waals surface area contributed by atoms with Gasteiger partial charge < -0.3 is 0 Å². The van der Waals surface area contributed by atoms with Gasteiger partial charge in [0, 0.05) is 0 Å². The van der Waals surface area contributed by atoms with Gasteiger partial charge in [-0.3, -0.25) is 0 Å². The van der Waals surface area contributed by atoms with E-state index in [9.17, 15) is 0 Å². The van der Waals surface area contributed by atoms with Crippen LogP contribution in [0.4, 0.5) is 0 Å². The Hall–Kier alpha value is -0.260. The minimum Gasteiger partial charge on any atom is -0.0842 e. The van der Waals surface area contributed by atoms with Gasteiger partial charge in [0.15, 0.2) is 0 Å². The molecule has 0 heterocycles. The molecule has 0 amide bonds. The predicted octanol–water partition coefficient (Wildman–Crippen LogP) is 4.95. The fraction of sp³-hybridized carbons (Fsp3) is 0.867. The highest BCUT2D eigenvalue weighted by atomic mass is 14.5. The highest BCUT2D eigenvalue weighted by Gasteiger charge is 2.42. The molecule has 0 radical (unpaired) electrons. The molecule has 0 N–H and O–H groups in total. The van der Waals surface area contributed by atoms with E-state index in [1.54, 1.807) is 5.57 Å². The quantitative estimate of drug-likeness (QED) is 0.532. The van der Waals surface area contributed by atoms with Crippen molar-refractivity contribution in [3.8, 4) is 0 Å². The molecule has 2 rings (SSSR count). The van der Waals surface area contributed by atoms with Crippen LogP contribution < -0.4 is 0 Å². The fourth-order valence-electron chi connectivity index (χ4n) is 3.63. The van der Waals surface area contributed by atoms with Crippen LogP contribution in [-0.4, -0.2) is 0 Å². The zero-order valence-electron chi connectivity index (χ0n) is 10.9. The molecule has 0 unspecified atom stereocenters. The van der Waals surface area contributed by atoms with Crippen molar-refractivity contribution in [1.82, 2.24) is 0 Å². The van der Waals surface area contributed by atoms with Gasteiger partial charge in [-0.2, -0.15) is 0 Å². The van der Waals surface area contributed by atoms with Crippen LogP contribution in [0, 0.1) is 16.7 Å². The molecule has 0 bridgehead atoms. The topological polar surface area (TPSA) is 0 Å². The molecule has 0 aliphatic heterocycles. The summed E-state index contributed by atoms with van der Waals surface area (Å²) in [5.41, 5.74) is 2.92. The van der Waals surface area contributed by atoms with Gasteiger partial charge in [0.25, 0.3) is 0 Å². The Kier molecular flexibility index (Phi) is 2.73. The third-order valence-electron chi connectivity index (χ3n) is 5.04. The lowest BCUT2D eigenvalue weighted by Gasteiger charge is -2.48. The average molecular weight is 206 g/mol. The Labute approximate surface area is 95.1 Å². The van der Waals surface area contributed by atoms with E-state index in [4.69, 9.17) is 0 Å². The Bertz CT molecular complexity index is 276. The van der Waals surface area contributed by atoms with E-state index in [1.807, 2.05) is 0 Å². The van der Waals surface area contributed by atoms with Crippen LogP contribution in [0.1, 0.15) is 66.2 Å². The summed E-state index contributed by atoms with van der Waals surface area (Å²) in [5, 5.41) is 0. The van der Waals surface area contributed by atoms with Gasteiger partial charge in [0.05, 0.1) is 0 Å². The average Bonchev–Trinajstić information content (AvgIpc) is 2.19. The van der Waals surface area contributed by atoms with Crippen molar-refractivity contribution in [2.45, 2.75) is 66.2 Å². The van der Waals surface area contributed by atoms with Crippen molar-refractivity contribution >= 4 is 0 Å². The maximum atomic E-state index is 2.59. The summed E-state index contributed by atoms with van der Waals surface area (Å²) in [5.74, 6) is 0.926. The molecule has 0 nitrogen and oxygen atoms in total. The van der Waals surface area contributed by atoms with Gasteiger partial charge >= 0.3 is 0 Å². The zero-order chi connectivity index (χ0) is 11.1. The first-order chi connectivity index (χ1) is 6.97. The number of hydrogen-bond donors (Lipinski definition) is 0. The van der Waals surface area contributed by atoms with Crippen molar-refractivity contribution in [3.63, 3.8) is 0 Å². The number of rotatable bonds is 1. The van der Waals surface area contributed by atoms with Crippen LogP contribution in [0.2, 0.25) is 0 Å². The predicted molar refractivity (Wildman–Crippen MR) is 66.8 cm³/mol. The summed E-state index contributed by atoms with van der Waals surface area (Å²) in [6.07, 6.45) is 10.9. The summed E-state index contributed by atoms with van der Waals surface area (Å²) in [7, 11) is 0. The normalized spacial score (nSPS) is 45.9. The van der Waals surface area contributed by atoms with Crippen LogP contribution in [0.3, 0.4) is 0 Å². The Morgan fingerprint density at radius 1 is 1.40 bits per heavy atom. The maximum Gasteiger partial charge on any atom is -0.0111 e. The lowest BCUT2D eigenvalue weighted by Crippen LogP contribution is -2.36. The number of allylic oxidation sites excluding steroid dienone is 2. The van der Waals surface area contributed by atoms with E-state index in [2.05, 4.69) is 33.8 Å². The van der Waals surface area contributed by atoms with Crippen molar-refractivity contribution < 1.29 is 0 Å². The summed E-state index contributed by atoms with van der Waals surface area (Å²) < 4.78 is 0. The largest absolute Gasteiger partial charge is 0.0842 e. The van der Waals surface area contributed by atoms with Gasteiger partial charge in [0.1, 0.15) is 0 Å². The van der Waals surface area contributed by atoms with E-state index in [0.29, 0.717) is 10.8 Å². The second-order valence-electron chi connectivity index (χ2n) is 6.68. The van der Waals surface area contributed by atoms with Gasteiger partial charge in [-0.15, -0.1) is 0 Å². The highest BCUT2D eigenvalue weighted by Crippen LogP contribution is 2.54. The third kappa shape index (κ3) is 2.00. The molecule has 15 heavy (non-hydrogen) atoms. The lowest BCUT2D eigenvalue weighted by atomic mass is 9.57. The summed E-state index contributed by atoms with van der Waals surface area (Å²) in [4.78, 5) is 0. The molecule has 86 valence electrons. The summed E-state index contributed by atoms with van der Waals surface area (Å²) in [6.45, 7) is 9.75.